The number of ether oxygens (including phenoxy) is 1. The van der Waals surface area contributed by atoms with Gasteiger partial charge in [0, 0.05) is 6.61 Å². The lowest BCUT2D eigenvalue weighted by molar-refractivity contribution is -0.128. The van der Waals surface area contributed by atoms with Gasteiger partial charge in [0.2, 0.25) is 5.91 Å². The highest BCUT2D eigenvalue weighted by Crippen LogP contribution is 2.25. The zero-order chi connectivity index (χ0) is 12.4. The largest absolute Gasteiger partial charge is 0.392 e. The lowest BCUT2D eigenvalue weighted by Gasteiger charge is -2.31. The summed E-state index contributed by atoms with van der Waals surface area (Å²) >= 11 is 4.97. The number of rotatable bonds is 4. The van der Waals surface area contributed by atoms with Gasteiger partial charge in [-0.25, -0.2) is 0 Å². The van der Waals surface area contributed by atoms with Crippen molar-refractivity contribution in [3.8, 4) is 0 Å². The molecule has 0 aliphatic carbocycles. The van der Waals surface area contributed by atoms with Crippen molar-refractivity contribution >= 4 is 23.1 Å². The summed E-state index contributed by atoms with van der Waals surface area (Å²) in [7, 11) is 0. The highest BCUT2D eigenvalue weighted by molar-refractivity contribution is 7.80. The molecule has 0 spiro atoms. The van der Waals surface area contributed by atoms with E-state index in [1.807, 2.05) is 13.8 Å². The summed E-state index contributed by atoms with van der Waals surface area (Å²) < 4.78 is 5.29. The Balaban J connectivity index is 2.73. The standard InChI is InChI=1S/C11H20N2O2S/c1-4-11(3,8(12)16)9(14)13-10(2)5-6-15-7-10/h4-7H2,1-3H3,(H2,12,16)(H,13,14). The van der Waals surface area contributed by atoms with Crippen LogP contribution >= 0.6 is 12.2 Å². The molecule has 1 aliphatic rings. The molecule has 1 rings (SSSR count). The van der Waals surface area contributed by atoms with Gasteiger partial charge in [-0.3, -0.25) is 4.79 Å². The molecule has 1 amide bonds. The van der Waals surface area contributed by atoms with Crippen LogP contribution in [0.1, 0.15) is 33.6 Å². The van der Waals surface area contributed by atoms with E-state index in [0.717, 1.165) is 6.42 Å². The molecule has 0 aromatic carbocycles. The van der Waals surface area contributed by atoms with Gasteiger partial charge in [-0.05, 0) is 26.7 Å². The summed E-state index contributed by atoms with van der Waals surface area (Å²) in [6.07, 6.45) is 1.43. The third-order valence-electron chi connectivity index (χ3n) is 3.39. The molecule has 0 aromatic rings. The van der Waals surface area contributed by atoms with Gasteiger partial charge < -0.3 is 15.8 Å². The number of hydrogen-bond acceptors (Lipinski definition) is 3. The third kappa shape index (κ3) is 2.52. The molecule has 0 bridgehead atoms. The second-order valence-electron chi connectivity index (χ2n) is 4.87. The summed E-state index contributed by atoms with van der Waals surface area (Å²) in [4.78, 5) is 12.4. The Hall–Kier alpha value is -0.680. The van der Waals surface area contributed by atoms with Crippen molar-refractivity contribution in [2.24, 2.45) is 11.1 Å². The van der Waals surface area contributed by atoms with Gasteiger partial charge in [0.1, 0.15) is 0 Å². The number of carbonyl (C=O) groups excluding carboxylic acids is 1. The van der Waals surface area contributed by atoms with Crippen LogP contribution < -0.4 is 11.1 Å². The molecule has 5 heteroatoms. The van der Waals surface area contributed by atoms with Crippen LogP contribution in [0, 0.1) is 5.41 Å². The van der Waals surface area contributed by atoms with E-state index in [9.17, 15) is 4.79 Å². The topological polar surface area (TPSA) is 64.3 Å². The van der Waals surface area contributed by atoms with E-state index < -0.39 is 5.41 Å². The van der Waals surface area contributed by atoms with Crippen LogP contribution in [0.2, 0.25) is 0 Å². The molecule has 0 radical (unpaired) electrons. The fourth-order valence-electron chi connectivity index (χ4n) is 1.62. The number of nitrogens with two attached hydrogens (primary N) is 1. The number of carbonyl (C=O) groups is 1. The van der Waals surface area contributed by atoms with Crippen LogP contribution in [-0.2, 0) is 9.53 Å². The van der Waals surface area contributed by atoms with Gasteiger partial charge in [-0.2, -0.15) is 0 Å². The average molecular weight is 244 g/mol. The maximum Gasteiger partial charge on any atom is 0.233 e. The minimum atomic E-state index is -0.763. The average Bonchev–Trinajstić information content (AvgIpc) is 2.63. The van der Waals surface area contributed by atoms with E-state index in [4.69, 9.17) is 22.7 Å². The van der Waals surface area contributed by atoms with E-state index in [0.29, 0.717) is 19.6 Å². The molecular weight excluding hydrogens is 224 g/mol. The summed E-state index contributed by atoms with van der Waals surface area (Å²) in [5, 5.41) is 3.00. The van der Waals surface area contributed by atoms with Crippen molar-refractivity contribution in [2.45, 2.75) is 39.2 Å². The monoisotopic (exact) mass is 244 g/mol. The van der Waals surface area contributed by atoms with Crippen molar-refractivity contribution in [3.05, 3.63) is 0 Å². The molecule has 2 atom stereocenters. The number of hydrogen-bond donors (Lipinski definition) is 2. The van der Waals surface area contributed by atoms with Crippen LogP contribution in [0.4, 0.5) is 0 Å². The van der Waals surface area contributed by atoms with E-state index in [2.05, 4.69) is 5.32 Å². The molecule has 4 nitrogen and oxygen atoms in total. The maximum atomic E-state index is 12.2. The highest BCUT2D eigenvalue weighted by atomic mass is 32.1. The van der Waals surface area contributed by atoms with E-state index in [1.54, 1.807) is 6.92 Å². The zero-order valence-electron chi connectivity index (χ0n) is 10.1. The fraction of sp³-hybridized carbons (Fsp3) is 0.818. The maximum absolute atomic E-state index is 12.2. The first-order valence-electron chi connectivity index (χ1n) is 5.54. The normalized spacial score (nSPS) is 28.4. The molecule has 3 N–H and O–H groups in total. The number of thiocarbonyl (C=S) groups is 1. The quantitative estimate of drug-likeness (QED) is 0.724. The van der Waals surface area contributed by atoms with Crippen LogP contribution in [-0.4, -0.2) is 29.6 Å². The Labute approximate surface area is 102 Å². The Morgan fingerprint density at radius 1 is 1.69 bits per heavy atom. The third-order valence-corrected chi connectivity index (χ3v) is 3.84. The fourth-order valence-corrected chi connectivity index (χ4v) is 1.86. The van der Waals surface area contributed by atoms with Crippen LogP contribution in [0.3, 0.4) is 0 Å². The smallest absolute Gasteiger partial charge is 0.233 e. The first-order valence-corrected chi connectivity index (χ1v) is 5.95. The van der Waals surface area contributed by atoms with Crippen molar-refractivity contribution in [3.63, 3.8) is 0 Å². The van der Waals surface area contributed by atoms with Crippen LogP contribution in [0.5, 0.6) is 0 Å². The Morgan fingerprint density at radius 2 is 2.31 bits per heavy atom. The molecule has 1 saturated heterocycles. The Kier molecular flexibility index (Phi) is 3.91. The van der Waals surface area contributed by atoms with Gasteiger partial charge in [-0.1, -0.05) is 19.1 Å². The molecule has 0 aromatic heterocycles. The molecule has 1 heterocycles. The summed E-state index contributed by atoms with van der Waals surface area (Å²) in [6.45, 7) is 6.91. The van der Waals surface area contributed by atoms with Gasteiger partial charge in [0.05, 0.1) is 22.5 Å². The Morgan fingerprint density at radius 3 is 2.69 bits per heavy atom. The van der Waals surface area contributed by atoms with Gasteiger partial charge in [0.15, 0.2) is 0 Å². The lowest BCUT2D eigenvalue weighted by Crippen LogP contribution is -2.55. The van der Waals surface area contributed by atoms with Crippen molar-refractivity contribution in [2.75, 3.05) is 13.2 Å². The summed E-state index contributed by atoms with van der Waals surface area (Å²) in [5.74, 6) is -0.101. The molecule has 1 aliphatic heterocycles. The highest BCUT2D eigenvalue weighted by Gasteiger charge is 2.40. The van der Waals surface area contributed by atoms with Crippen LogP contribution in [0.15, 0.2) is 0 Å². The van der Waals surface area contributed by atoms with Gasteiger partial charge >= 0.3 is 0 Å². The zero-order valence-corrected chi connectivity index (χ0v) is 10.9. The van der Waals surface area contributed by atoms with E-state index in [-0.39, 0.29) is 16.4 Å². The van der Waals surface area contributed by atoms with Crippen molar-refractivity contribution in [1.82, 2.24) is 5.32 Å². The summed E-state index contributed by atoms with van der Waals surface area (Å²) in [6, 6.07) is 0. The predicted molar refractivity (Wildman–Crippen MR) is 67.2 cm³/mol. The second-order valence-corrected chi connectivity index (χ2v) is 5.31. The first kappa shape index (κ1) is 13.4. The molecule has 2 unspecified atom stereocenters. The second kappa shape index (κ2) is 4.67. The van der Waals surface area contributed by atoms with Crippen molar-refractivity contribution in [1.29, 1.82) is 0 Å². The SMILES string of the molecule is CCC(C)(C(=O)NC1(C)CCOC1)C(N)=S. The number of amides is 1. The summed E-state index contributed by atoms with van der Waals surface area (Å²) in [5.41, 5.74) is 4.60. The molecule has 92 valence electrons. The van der Waals surface area contributed by atoms with Gasteiger partial charge in [-0.15, -0.1) is 0 Å². The lowest BCUT2D eigenvalue weighted by atomic mass is 9.85. The number of nitrogens with one attached hydrogen (secondary N) is 1. The van der Waals surface area contributed by atoms with Crippen LogP contribution in [0.25, 0.3) is 0 Å². The predicted octanol–water partition coefficient (Wildman–Crippen LogP) is 0.984. The van der Waals surface area contributed by atoms with Gasteiger partial charge in [0.25, 0.3) is 0 Å². The first-order chi connectivity index (χ1) is 7.34. The molecule has 16 heavy (non-hydrogen) atoms. The Bertz CT molecular complexity index is 300. The molecular formula is C11H20N2O2S. The van der Waals surface area contributed by atoms with E-state index in [1.165, 1.54) is 0 Å². The molecule has 1 fully saturated rings. The minimum absolute atomic E-state index is 0.101. The molecule has 0 saturated carbocycles. The minimum Gasteiger partial charge on any atom is -0.392 e. The van der Waals surface area contributed by atoms with Crippen molar-refractivity contribution < 1.29 is 9.53 Å². The van der Waals surface area contributed by atoms with E-state index >= 15 is 0 Å².